The van der Waals surface area contributed by atoms with E-state index in [0.717, 1.165) is 32.1 Å². The lowest BCUT2D eigenvalue weighted by atomic mass is 10.1. The Kier molecular flexibility index (Phi) is 7.13. The fraction of sp³-hybridized carbons (Fsp3) is 0.200. The van der Waals surface area contributed by atoms with Crippen LogP contribution in [0.1, 0.15) is 58.3 Å². The van der Waals surface area contributed by atoms with Crippen molar-refractivity contribution in [3.63, 3.8) is 0 Å². The molecule has 0 nitrogen and oxygen atoms in total. The number of halogens is 4. The van der Waals surface area contributed by atoms with Crippen molar-refractivity contribution in [2.45, 2.75) is 44.4 Å². The van der Waals surface area contributed by atoms with E-state index in [1.54, 1.807) is 18.2 Å². The first kappa shape index (κ1) is 27.6. The van der Waals surface area contributed by atoms with Crippen LogP contribution in [-0.4, -0.2) is 8.07 Å². The van der Waals surface area contributed by atoms with Gasteiger partial charge < -0.3 is 0 Å². The molecule has 0 fully saturated rings. The summed E-state index contributed by atoms with van der Waals surface area (Å²) in [6, 6.07) is 24.1. The van der Waals surface area contributed by atoms with E-state index in [1.807, 2.05) is 6.08 Å². The topological polar surface area (TPSA) is 0 Å². The zero-order valence-electron chi connectivity index (χ0n) is 23.0. The lowest BCUT2D eigenvalue weighted by molar-refractivity contribution is 0.624. The zero-order chi connectivity index (χ0) is 28.3. The van der Waals surface area contributed by atoms with E-state index in [9.17, 15) is 8.78 Å². The monoisotopic (exact) mass is 674 g/mol. The average molecular weight is 677 g/mol. The quantitative estimate of drug-likeness (QED) is 0.185. The molecule has 4 aromatic rings. The third kappa shape index (κ3) is 4.60. The minimum atomic E-state index is -1.96. The van der Waals surface area contributed by atoms with Crippen LogP contribution < -0.4 is 0 Å². The van der Waals surface area contributed by atoms with E-state index in [2.05, 4.69) is 113 Å². The van der Waals surface area contributed by atoms with Gasteiger partial charge in [-0.15, -0.1) is 0 Å². The van der Waals surface area contributed by atoms with E-state index in [4.69, 9.17) is 0 Å². The van der Waals surface area contributed by atoms with Gasteiger partial charge in [-0.3, -0.25) is 0 Å². The maximum absolute atomic E-state index is 14.3. The summed E-state index contributed by atoms with van der Waals surface area (Å²) in [7, 11) is -1.96. The average Bonchev–Trinajstić information content (AvgIpc) is 3.55. The van der Waals surface area contributed by atoms with Crippen molar-refractivity contribution < 1.29 is 8.78 Å². The Morgan fingerprint density at radius 1 is 0.700 bits per heavy atom. The molecule has 0 spiro atoms. The smallest absolute Gasteiger partial charge is 0.124 e. The molecule has 0 aromatic heterocycles. The van der Waals surface area contributed by atoms with E-state index >= 15 is 0 Å². The van der Waals surface area contributed by atoms with Crippen molar-refractivity contribution in [1.29, 1.82) is 0 Å². The number of hydrogen-bond donors (Lipinski definition) is 0. The highest BCUT2D eigenvalue weighted by atomic mass is 79.9. The molecule has 40 heavy (non-hydrogen) atoms. The molecule has 202 valence electrons. The molecule has 0 saturated carbocycles. The molecular formula is C35H30Br2F2Si. The molecular weight excluding hydrogens is 646 g/mol. The highest BCUT2D eigenvalue weighted by Gasteiger charge is 2.48. The van der Waals surface area contributed by atoms with Gasteiger partial charge in [-0.1, -0.05) is 117 Å². The van der Waals surface area contributed by atoms with Gasteiger partial charge in [0.2, 0.25) is 0 Å². The summed E-state index contributed by atoms with van der Waals surface area (Å²) in [6.45, 7) is 9.24. The van der Waals surface area contributed by atoms with Gasteiger partial charge in [-0.25, -0.2) is 8.78 Å². The first-order valence-electron chi connectivity index (χ1n) is 13.6. The molecule has 3 aliphatic carbocycles. The molecule has 1 atom stereocenters. The Morgan fingerprint density at radius 2 is 1.27 bits per heavy atom. The highest BCUT2D eigenvalue weighted by molar-refractivity contribution is 9.10. The van der Waals surface area contributed by atoms with Gasteiger partial charge in [0.1, 0.15) is 11.6 Å². The summed E-state index contributed by atoms with van der Waals surface area (Å²) in [4.78, 5) is 0. The first-order chi connectivity index (χ1) is 19.1. The van der Waals surface area contributed by atoms with E-state index in [0.29, 0.717) is 11.1 Å². The minimum Gasteiger partial charge on any atom is -0.207 e. The third-order valence-corrected chi connectivity index (χ3v) is 14.4. The minimum absolute atomic E-state index is 0.157. The second-order valence-electron chi connectivity index (χ2n) is 11.8. The van der Waals surface area contributed by atoms with Crippen molar-refractivity contribution in [3.8, 4) is 11.1 Å². The Bertz CT molecular complexity index is 1690. The molecule has 0 radical (unpaired) electrons. The lowest BCUT2D eigenvalue weighted by Crippen LogP contribution is -2.42. The van der Waals surface area contributed by atoms with Crippen LogP contribution in [0.5, 0.6) is 0 Å². The molecule has 3 aliphatic rings. The Morgan fingerprint density at radius 3 is 1.93 bits per heavy atom. The normalized spacial score (nSPS) is 16.9. The largest absolute Gasteiger partial charge is 0.207 e. The summed E-state index contributed by atoms with van der Waals surface area (Å²) < 4.78 is 29.0. The summed E-state index contributed by atoms with van der Waals surface area (Å²) in [5.41, 5.74) is 13.5. The highest BCUT2D eigenvalue weighted by Crippen LogP contribution is 2.55. The maximum Gasteiger partial charge on any atom is 0.124 e. The van der Waals surface area contributed by atoms with Crippen molar-refractivity contribution >= 4 is 52.1 Å². The van der Waals surface area contributed by atoms with Crippen molar-refractivity contribution in [1.82, 2.24) is 0 Å². The van der Waals surface area contributed by atoms with Crippen LogP contribution >= 0.6 is 31.9 Å². The van der Waals surface area contributed by atoms with Gasteiger partial charge in [-0.05, 0) is 89.0 Å². The number of hydrogen-bond acceptors (Lipinski definition) is 0. The SMILES string of the molecule is CC1=Cc2c(Br)cc(F)cc2C1[Si](C)(C)C1c2ccccc2-c2ccccc21.CC1=Cc2cc(F)cc(Br)c2C1. The predicted octanol–water partition coefficient (Wildman–Crippen LogP) is 11.2. The van der Waals surface area contributed by atoms with Crippen LogP contribution in [0.4, 0.5) is 8.78 Å². The van der Waals surface area contributed by atoms with E-state index < -0.39 is 8.07 Å². The maximum atomic E-state index is 14.3. The molecule has 0 amide bonds. The molecule has 0 heterocycles. The number of allylic oxidation sites excluding steroid dienone is 2. The van der Waals surface area contributed by atoms with E-state index in [1.165, 1.54) is 45.0 Å². The molecule has 1 unspecified atom stereocenters. The van der Waals surface area contributed by atoms with Gasteiger partial charge in [0.25, 0.3) is 0 Å². The fourth-order valence-corrected chi connectivity index (χ4v) is 13.1. The van der Waals surface area contributed by atoms with Gasteiger partial charge in [0, 0.05) is 20.0 Å². The van der Waals surface area contributed by atoms with Gasteiger partial charge in [-0.2, -0.15) is 0 Å². The van der Waals surface area contributed by atoms with Crippen LogP contribution in [0.15, 0.2) is 92.9 Å². The predicted molar refractivity (Wildman–Crippen MR) is 173 cm³/mol. The molecule has 7 rings (SSSR count). The zero-order valence-corrected chi connectivity index (χ0v) is 27.1. The summed E-state index contributed by atoms with van der Waals surface area (Å²) >= 11 is 6.94. The van der Waals surface area contributed by atoms with Crippen molar-refractivity contribution in [2.75, 3.05) is 0 Å². The summed E-state index contributed by atoms with van der Waals surface area (Å²) in [6.07, 6.45) is 5.23. The summed E-state index contributed by atoms with van der Waals surface area (Å²) in [5, 5.41) is 0. The van der Waals surface area contributed by atoms with Crippen LogP contribution in [-0.2, 0) is 6.42 Å². The molecule has 0 N–H and O–H groups in total. The first-order valence-corrected chi connectivity index (χ1v) is 18.3. The molecule has 4 aromatic carbocycles. The second-order valence-corrected chi connectivity index (χ2v) is 18.3. The Labute approximate surface area is 253 Å². The standard InChI is InChI=1S/C25H22BrFSi.C10H8BrF/c1-15-12-21-22(13-16(27)14-23(21)26)24(15)28(2,3)25-19-10-6-4-8-17(19)18-9-5-7-11-20(18)25;1-6-2-7-4-8(12)5-10(11)9(7)3-6/h4-14,24-25H,1-3H3;2,4-5H,3H2,1H3. The summed E-state index contributed by atoms with van der Waals surface area (Å²) in [5.74, 6) is -0.331. The van der Waals surface area contributed by atoms with Crippen LogP contribution in [0.2, 0.25) is 13.1 Å². The van der Waals surface area contributed by atoms with Crippen LogP contribution in [0.3, 0.4) is 0 Å². The van der Waals surface area contributed by atoms with Gasteiger partial charge in [0.05, 0.1) is 8.07 Å². The van der Waals surface area contributed by atoms with Crippen LogP contribution in [0.25, 0.3) is 23.3 Å². The third-order valence-electron chi connectivity index (χ3n) is 8.64. The van der Waals surface area contributed by atoms with Gasteiger partial charge in [0.15, 0.2) is 0 Å². The van der Waals surface area contributed by atoms with Gasteiger partial charge >= 0.3 is 0 Å². The molecule has 0 saturated heterocycles. The molecule has 5 heteroatoms. The van der Waals surface area contributed by atoms with Crippen molar-refractivity contribution in [3.05, 3.63) is 138 Å². The number of fused-ring (bicyclic) bond motifs is 5. The number of rotatable bonds is 2. The Balaban J connectivity index is 0.000000201. The van der Waals surface area contributed by atoms with Crippen LogP contribution in [0, 0.1) is 11.6 Å². The molecule has 0 aliphatic heterocycles. The second kappa shape index (κ2) is 10.3. The number of benzene rings is 4. The fourth-order valence-electron chi connectivity index (χ4n) is 7.20. The van der Waals surface area contributed by atoms with E-state index in [-0.39, 0.29) is 11.6 Å². The van der Waals surface area contributed by atoms with Crippen molar-refractivity contribution in [2.24, 2.45) is 0 Å². The Hall–Kier alpha value is -2.60. The molecule has 0 bridgehead atoms. The lowest BCUT2D eigenvalue weighted by Gasteiger charge is -2.38.